The van der Waals surface area contributed by atoms with Crippen LogP contribution >= 0.6 is 15.9 Å². The molecular weight excluding hydrogens is 294 g/mol. The maximum Gasteiger partial charge on any atom is 0.130 e. The highest BCUT2D eigenvalue weighted by Gasteiger charge is 2.31. The Hall–Kier alpha value is -1.10. The molecule has 1 saturated heterocycles. The molecule has 0 aromatic heterocycles. The first-order chi connectivity index (χ1) is 8.60. The van der Waals surface area contributed by atoms with Crippen LogP contribution in [0.15, 0.2) is 34.8 Å². The predicted octanol–water partition coefficient (Wildman–Crippen LogP) is 3.10. The summed E-state index contributed by atoms with van der Waals surface area (Å²) in [6, 6.07) is 9.88. The van der Waals surface area contributed by atoms with Gasteiger partial charge in [0.1, 0.15) is 5.75 Å². The van der Waals surface area contributed by atoms with Crippen molar-refractivity contribution in [3.05, 3.63) is 40.4 Å². The summed E-state index contributed by atoms with van der Waals surface area (Å²) in [5, 5.41) is 15.1. The fourth-order valence-electron chi connectivity index (χ4n) is 2.33. The molecule has 3 rings (SSSR count). The first-order valence-electron chi connectivity index (χ1n) is 5.85. The molecule has 1 fully saturated rings. The van der Waals surface area contributed by atoms with Gasteiger partial charge in [0, 0.05) is 0 Å². The Bertz CT molecular complexity index is 606. The number of phenols is 1. The number of fused-ring (bicyclic) bond motifs is 1. The Morgan fingerprint density at radius 1 is 1.33 bits per heavy atom. The average molecular weight is 308 g/mol. The van der Waals surface area contributed by atoms with E-state index < -0.39 is 0 Å². The summed E-state index contributed by atoms with van der Waals surface area (Å²) >= 11 is 3.41. The maximum atomic E-state index is 9.67. The number of nitrogens with one attached hydrogen (secondary N) is 1. The second-order valence-electron chi connectivity index (χ2n) is 4.84. The largest absolute Gasteiger partial charge is 0.507 e. The lowest BCUT2D eigenvalue weighted by Crippen LogP contribution is -2.35. The molecule has 1 atom stereocenters. The Kier molecular flexibility index (Phi) is 2.81. The van der Waals surface area contributed by atoms with E-state index in [0.29, 0.717) is 13.3 Å². The Labute approximate surface area is 114 Å². The van der Waals surface area contributed by atoms with Crippen LogP contribution < -0.4 is 5.32 Å². The van der Waals surface area contributed by atoms with Gasteiger partial charge in [-0.25, -0.2) is 0 Å². The summed E-state index contributed by atoms with van der Waals surface area (Å²) < 4.78 is 6.15. The van der Waals surface area contributed by atoms with Crippen molar-refractivity contribution in [2.75, 3.05) is 13.3 Å². The lowest BCUT2D eigenvalue weighted by molar-refractivity contribution is 0.179. The molecule has 0 spiro atoms. The summed E-state index contributed by atoms with van der Waals surface area (Å²) in [4.78, 5) is 0. The molecule has 0 radical (unpaired) electrons. The van der Waals surface area contributed by atoms with Crippen molar-refractivity contribution < 1.29 is 9.84 Å². The highest BCUT2D eigenvalue weighted by molar-refractivity contribution is 9.10. The number of hydrogen-bond acceptors (Lipinski definition) is 3. The van der Waals surface area contributed by atoms with Gasteiger partial charge in [-0.05, 0) is 51.3 Å². The first kappa shape index (κ1) is 12.0. The zero-order chi connectivity index (χ0) is 12.8. The monoisotopic (exact) mass is 307 g/mol. The van der Waals surface area contributed by atoms with E-state index in [9.17, 15) is 5.11 Å². The van der Waals surface area contributed by atoms with Crippen molar-refractivity contribution in [2.24, 2.45) is 0 Å². The molecule has 4 heteroatoms. The van der Waals surface area contributed by atoms with Gasteiger partial charge in [-0.1, -0.05) is 18.2 Å². The number of phenolic OH excluding ortho intramolecular Hbond substituents is 1. The number of benzene rings is 2. The van der Waals surface area contributed by atoms with Gasteiger partial charge in [0.15, 0.2) is 0 Å². The Balaban J connectivity index is 2.15. The molecule has 2 N–H and O–H groups in total. The minimum atomic E-state index is -0.126. The SMILES string of the molecule is CC1(c2ccc3c(Br)c(O)ccc3c2)COCN1. The fraction of sp³-hybridized carbons (Fsp3) is 0.286. The van der Waals surface area contributed by atoms with Crippen molar-refractivity contribution in [3.63, 3.8) is 0 Å². The van der Waals surface area contributed by atoms with E-state index in [1.165, 1.54) is 5.56 Å². The standard InChI is InChI=1S/C14H14BrNO2/c1-14(7-18-8-16-14)10-3-4-11-9(6-10)2-5-12(17)13(11)15/h2-6,16-17H,7-8H2,1H3. The minimum Gasteiger partial charge on any atom is -0.507 e. The molecule has 0 bridgehead atoms. The van der Waals surface area contributed by atoms with Gasteiger partial charge in [0.05, 0.1) is 23.3 Å². The van der Waals surface area contributed by atoms with Gasteiger partial charge in [-0.15, -0.1) is 0 Å². The van der Waals surface area contributed by atoms with E-state index in [1.54, 1.807) is 6.07 Å². The Morgan fingerprint density at radius 3 is 2.89 bits per heavy atom. The third-order valence-electron chi connectivity index (χ3n) is 3.53. The van der Waals surface area contributed by atoms with Crippen LogP contribution in [0.2, 0.25) is 0 Å². The van der Waals surface area contributed by atoms with E-state index in [4.69, 9.17) is 4.74 Å². The summed E-state index contributed by atoms with van der Waals surface area (Å²) in [6.07, 6.45) is 0. The first-order valence-corrected chi connectivity index (χ1v) is 6.64. The van der Waals surface area contributed by atoms with Crippen LogP contribution in [-0.2, 0) is 10.3 Å². The Morgan fingerprint density at radius 2 is 2.17 bits per heavy atom. The molecule has 0 saturated carbocycles. The molecule has 1 unspecified atom stereocenters. The summed E-state index contributed by atoms with van der Waals surface area (Å²) in [5.41, 5.74) is 1.07. The molecule has 0 aliphatic carbocycles. The van der Waals surface area contributed by atoms with E-state index in [2.05, 4.69) is 40.3 Å². The van der Waals surface area contributed by atoms with Gasteiger partial charge in [-0.3, -0.25) is 5.32 Å². The van der Waals surface area contributed by atoms with E-state index in [-0.39, 0.29) is 11.3 Å². The number of aromatic hydroxyl groups is 1. The second kappa shape index (κ2) is 4.23. The molecule has 2 aromatic carbocycles. The van der Waals surface area contributed by atoms with Crippen LogP contribution in [0.4, 0.5) is 0 Å². The average Bonchev–Trinajstić information content (AvgIpc) is 2.82. The molecule has 1 aliphatic rings. The molecular formula is C14H14BrNO2. The summed E-state index contributed by atoms with van der Waals surface area (Å²) in [5.74, 6) is 0.267. The molecule has 1 aliphatic heterocycles. The van der Waals surface area contributed by atoms with E-state index in [0.717, 1.165) is 15.2 Å². The van der Waals surface area contributed by atoms with Crippen molar-refractivity contribution in [3.8, 4) is 5.75 Å². The molecule has 2 aromatic rings. The lowest BCUT2D eigenvalue weighted by atomic mass is 9.92. The zero-order valence-corrected chi connectivity index (χ0v) is 11.6. The molecule has 94 valence electrons. The van der Waals surface area contributed by atoms with Crippen LogP contribution in [0.5, 0.6) is 5.75 Å². The molecule has 18 heavy (non-hydrogen) atoms. The minimum absolute atomic E-state index is 0.126. The number of hydrogen-bond donors (Lipinski definition) is 2. The fourth-order valence-corrected chi connectivity index (χ4v) is 2.82. The van der Waals surface area contributed by atoms with E-state index in [1.807, 2.05) is 12.1 Å². The van der Waals surface area contributed by atoms with Crippen molar-refractivity contribution in [1.82, 2.24) is 5.32 Å². The number of ether oxygens (including phenoxy) is 1. The highest BCUT2D eigenvalue weighted by atomic mass is 79.9. The van der Waals surface area contributed by atoms with Gasteiger partial charge in [0.2, 0.25) is 0 Å². The zero-order valence-electron chi connectivity index (χ0n) is 10.0. The summed E-state index contributed by atoms with van der Waals surface area (Å²) in [6.45, 7) is 3.40. The predicted molar refractivity (Wildman–Crippen MR) is 74.6 cm³/mol. The third kappa shape index (κ3) is 1.81. The van der Waals surface area contributed by atoms with Crippen LogP contribution in [0.1, 0.15) is 12.5 Å². The van der Waals surface area contributed by atoms with Crippen molar-refractivity contribution >= 4 is 26.7 Å². The number of rotatable bonds is 1. The number of halogens is 1. The van der Waals surface area contributed by atoms with Crippen LogP contribution in [0, 0.1) is 0 Å². The normalized spacial score (nSPS) is 23.7. The van der Waals surface area contributed by atoms with Crippen LogP contribution in [-0.4, -0.2) is 18.4 Å². The lowest BCUT2D eigenvalue weighted by Gasteiger charge is -2.23. The third-order valence-corrected chi connectivity index (χ3v) is 4.36. The maximum absolute atomic E-state index is 9.67. The van der Waals surface area contributed by atoms with Gasteiger partial charge in [0.25, 0.3) is 0 Å². The van der Waals surface area contributed by atoms with Gasteiger partial charge < -0.3 is 9.84 Å². The van der Waals surface area contributed by atoms with Crippen molar-refractivity contribution in [1.29, 1.82) is 0 Å². The molecule has 0 amide bonds. The smallest absolute Gasteiger partial charge is 0.130 e. The van der Waals surface area contributed by atoms with Crippen molar-refractivity contribution in [2.45, 2.75) is 12.5 Å². The van der Waals surface area contributed by atoms with Gasteiger partial charge in [-0.2, -0.15) is 0 Å². The summed E-state index contributed by atoms with van der Waals surface area (Å²) in [7, 11) is 0. The second-order valence-corrected chi connectivity index (χ2v) is 5.63. The van der Waals surface area contributed by atoms with E-state index >= 15 is 0 Å². The van der Waals surface area contributed by atoms with Crippen LogP contribution in [0.3, 0.4) is 0 Å². The van der Waals surface area contributed by atoms with Gasteiger partial charge >= 0.3 is 0 Å². The molecule has 3 nitrogen and oxygen atoms in total. The highest BCUT2D eigenvalue weighted by Crippen LogP contribution is 2.34. The quantitative estimate of drug-likeness (QED) is 0.850. The topological polar surface area (TPSA) is 41.5 Å². The molecule has 1 heterocycles. The van der Waals surface area contributed by atoms with Crippen LogP contribution in [0.25, 0.3) is 10.8 Å².